The number of fused-ring (bicyclic) bond motifs is 1. The number of aryl methyl sites for hydroxylation is 1. The minimum Gasteiger partial charge on any atom is -0.342 e. The van der Waals surface area contributed by atoms with Crippen LogP contribution < -0.4 is 16.4 Å². The van der Waals surface area contributed by atoms with E-state index in [9.17, 15) is 19.2 Å². The molecule has 1 fully saturated rings. The highest BCUT2D eigenvalue weighted by Crippen LogP contribution is 2.26. The second-order valence-corrected chi connectivity index (χ2v) is 11.3. The van der Waals surface area contributed by atoms with Crippen LogP contribution in [0.1, 0.15) is 62.1 Å². The topological polar surface area (TPSA) is 125 Å². The van der Waals surface area contributed by atoms with Crippen molar-refractivity contribution in [3.63, 3.8) is 0 Å². The fourth-order valence-electron chi connectivity index (χ4n) is 5.76. The van der Waals surface area contributed by atoms with Gasteiger partial charge in [0.25, 0.3) is 0 Å². The van der Waals surface area contributed by atoms with E-state index in [0.29, 0.717) is 17.1 Å². The molecule has 2 heterocycles. The highest BCUT2D eigenvalue weighted by Gasteiger charge is 2.36. The highest BCUT2D eigenvalue weighted by molar-refractivity contribution is 6.31. The highest BCUT2D eigenvalue weighted by atomic mass is 35.5. The summed E-state index contributed by atoms with van der Waals surface area (Å²) in [5.74, 6) is -1.10. The predicted octanol–water partition coefficient (Wildman–Crippen LogP) is 3.56. The number of nitrogens with zero attached hydrogens (tertiary/aromatic N) is 2. The lowest BCUT2D eigenvalue weighted by molar-refractivity contribution is -0.144. The van der Waals surface area contributed by atoms with Crippen LogP contribution in [0.3, 0.4) is 0 Å². The molecule has 9 nitrogen and oxygen atoms in total. The second-order valence-electron chi connectivity index (χ2n) is 10.9. The molecule has 4 amide bonds. The van der Waals surface area contributed by atoms with E-state index in [1.807, 2.05) is 36.1 Å². The maximum absolute atomic E-state index is 13.7. The average molecular weight is 582 g/mol. The van der Waals surface area contributed by atoms with E-state index in [1.165, 1.54) is 0 Å². The normalized spacial score (nSPS) is 18.9. The molecular weight excluding hydrogens is 542 g/mol. The smallest absolute Gasteiger partial charge is 0.246 e. The SMILES string of the molecule is CC[C@H]1CCCN1C(=O)CCC(=O)N1Cc2ccccc2C[C@H]1C(=O)N[C@@H](CCN)C(=O)Nc1ccc(Cl)c(C)c1. The minimum absolute atomic E-state index is 0.0155. The third kappa shape index (κ3) is 7.45. The number of carbonyl (C=O) groups excluding carboxylic acids is 4. The van der Waals surface area contributed by atoms with Gasteiger partial charge in [0.15, 0.2) is 0 Å². The van der Waals surface area contributed by atoms with E-state index in [4.69, 9.17) is 17.3 Å². The van der Waals surface area contributed by atoms with Gasteiger partial charge in [0.2, 0.25) is 23.6 Å². The molecule has 0 unspecified atom stereocenters. The second kappa shape index (κ2) is 14.0. The molecule has 0 radical (unpaired) electrons. The number of likely N-dealkylation sites (tertiary alicyclic amines) is 1. The number of nitrogens with two attached hydrogens (primary N) is 1. The van der Waals surface area contributed by atoms with Gasteiger partial charge in [0.05, 0.1) is 0 Å². The number of benzene rings is 2. The fourth-order valence-corrected chi connectivity index (χ4v) is 5.88. The van der Waals surface area contributed by atoms with Gasteiger partial charge in [-0.05, 0) is 74.0 Å². The minimum atomic E-state index is -0.889. The van der Waals surface area contributed by atoms with Crippen LogP contribution in [-0.2, 0) is 32.1 Å². The van der Waals surface area contributed by atoms with E-state index in [1.54, 1.807) is 23.1 Å². The number of rotatable bonds is 10. The first kappa shape index (κ1) is 30.5. The molecule has 2 aliphatic heterocycles. The number of carbonyl (C=O) groups is 4. The van der Waals surface area contributed by atoms with Gasteiger partial charge >= 0.3 is 0 Å². The van der Waals surface area contributed by atoms with Crippen LogP contribution in [0, 0.1) is 6.92 Å². The quantitative estimate of drug-likeness (QED) is 0.396. The van der Waals surface area contributed by atoms with Crippen LogP contribution >= 0.6 is 11.6 Å². The molecule has 1 saturated heterocycles. The van der Waals surface area contributed by atoms with Crippen molar-refractivity contribution in [2.75, 3.05) is 18.4 Å². The van der Waals surface area contributed by atoms with Crippen LogP contribution in [-0.4, -0.2) is 64.6 Å². The Morgan fingerprint density at radius 2 is 1.76 bits per heavy atom. The van der Waals surface area contributed by atoms with Gasteiger partial charge in [0, 0.05) is 49.1 Å². The van der Waals surface area contributed by atoms with Gasteiger partial charge in [-0.25, -0.2) is 0 Å². The summed E-state index contributed by atoms with van der Waals surface area (Å²) in [7, 11) is 0. The van der Waals surface area contributed by atoms with Crippen LogP contribution in [0.15, 0.2) is 42.5 Å². The Morgan fingerprint density at radius 1 is 1.05 bits per heavy atom. The maximum Gasteiger partial charge on any atom is 0.246 e. The molecule has 10 heteroatoms. The lowest BCUT2D eigenvalue weighted by Gasteiger charge is -2.37. The monoisotopic (exact) mass is 581 g/mol. The molecule has 41 heavy (non-hydrogen) atoms. The van der Waals surface area contributed by atoms with Crippen LogP contribution in [0.4, 0.5) is 5.69 Å². The third-order valence-corrected chi connectivity index (χ3v) is 8.53. The van der Waals surface area contributed by atoms with E-state index in [2.05, 4.69) is 17.6 Å². The van der Waals surface area contributed by atoms with Gasteiger partial charge in [-0.3, -0.25) is 19.2 Å². The Morgan fingerprint density at radius 3 is 2.44 bits per heavy atom. The van der Waals surface area contributed by atoms with Gasteiger partial charge in [0.1, 0.15) is 12.1 Å². The van der Waals surface area contributed by atoms with Crippen molar-refractivity contribution < 1.29 is 19.2 Å². The molecule has 220 valence electrons. The van der Waals surface area contributed by atoms with Crippen molar-refractivity contribution in [3.05, 3.63) is 64.2 Å². The number of amides is 4. The lowest BCUT2D eigenvalue weighted by Crippen LogP contribution is -2.56. The Hall–Kier alpha value is -3.43. The van der Waals surface area contributed by atoms with Crippen LogP contribution in [0.25, 0.3) is 0 Å². The molecule has 0 aliphatic carbocycles. The summed E-state index contributed by atoms with van der Waals surface area (Å²) in [4.78, 5) is 56.7. The molecule has 2 aromatic carbocycles. The predicted molar refractivity (Wildman–Crippen MR) is 159 cm³/mol. The molecule has 0 bridgehead atoms. The summed E-state index contributed by atoms with van der Waals surface area (Å²) in [6.45, 7) is 5.09. The molecule has 3 atom stereocenters. The number of anilines is 1. The van der Waals surface area contributed by atoms with E-state index in [0.717, 1.165) is 42.5 Å². The van der Waals surface area contributed by atoms with Gasteiger partial charge in [-0.2, -0.15) is 0 Å². The number of halogens is 1. The van der Waals surface area contributed by atoms with Crippen molar-refractivity contribution in [2.45, 2.75) is 83.5 Å². The summed E-state index contributed by atoms with van der Waals surface area (Å²) in [6, 6.07) is 11.4. The van der Waals surface area contributed by atoms with Gasteiger partial charge in [-0.1, -0.05) is 42.8 Å². The molecular formula is C31H40ClN5O4. The summed E-state index contributed by atoms with van der Waals surface area (Å²) in [5, 5.41) is 6.26. The number of hydrogen-bond acceptors (Lipinski definition) is 5. The van der Waals surface area contributed by atoms with E-state index in [-0.39, 0.29) is 50.2 Å². The van der Waals surface area contributed by atoms with E-state index < -0.39 is 23.9 Å². The van der Waals surface area contributed by atoms with Crippen molar-refractivity contribution in [1.82, 2.24) is 15.1 Å². The van der Waals surface area contributed by atoms with Crippen LogP contribution in [0.5, 0.6) is 0 Å². The Bertz CT molecular complexity index is 1280. The molecule has 0 spiro atoms. The molecule has 0 aromatic heterocycles. The first-order valence-corrected chi connectivity index (χ1v) is 14.8. The molecule has 4 N–H and O–H groups in total. The van der Waals surface area contributed by atoms with Gasteiger partial charge in [-0.15, -0.1) is 0 Å². The summed E-state index contributed by atoms with van der Waals surface area (Å²) < 4.78 is 0. The summed E-state index contributed by atoms with van der Waals surface area (Å²) in [6.07, 6.45) is 3.57. The van der Waals surface area contributed by atoms with Crippen molar-refractivity contribution >= 4 is 40.9 Å². The Labute approximate surface area is 246 Å². The average Bonchev–Trinajstić information content (AvgIpc) is 3.46. The summed E-state index contributed by atoms with van der Waals surface area (Å²) >= 11 is 6.11. The zero-order chi connectivity index (χ0) is 29.5. The third-order valence-electron chi connectivity index (χ3n) is 8.11. The lowest BCUT2D eigenvalue weighted by atomic mass is 9.92. The first-order chi connectivity index (χ1) is 19.7. The zero-order valence-electron chi connectivity index (χ0n) is 23.8. The van der Waals surface area contributed by atoms with Crippen molar-refractivity contribution in [1.29, 1.82) is 0 Å². The maximum atomic E-state index is 13.7. The van der Waals surface area contributed by atoms with Crippen molar-refractivity contribution in [3.8, 4) is 0 Å². The Kier molecular flexibility index (Phi) is 10.4. The van der Waals surface area contributed by atoms with Crippen molar-refractivity contribution in [2.24, 2.45) is 5.73 Å². The van der Waals surface area contributed by atoms with E-state index >= 15 is 0 Å². The van der Waals surface area contributed by atoms with Gasteiger partial charge < -0.3 is 26.2 Å². The standard InChI is InChI=1S/C31H40ClN5O4/c1-3-24-9-6-16-36(24)28(38)12-13-29(39)37-19-22-8-5-4-7-21(22)18-27(37)31(41)35-26(14-15-33)30(40)34-23-10-11-25(32)20(2)17-23/h4-5,7-8,10-11,17,24,26-27H,3,6,9,12-16,18-19,33H2,1-2H3,(H,34,40)(H,35,41)/t24-,26-,27-/m0/s1. The summed E-state index contributed by atoms with van der Waals surface area (Å²) in [5.41, 5.74) is 9.11. The number of nitrogens with one attached hydrogen (secondary N) is 2. The molecule has 0 saturated carbocycles. The number of hydrogen-bond donors (Lipinski definition) is 3. The molecule has 4 rings (SSSR count). The first-order valence-electron chi connectivity index (χ1n) is 14.4. The molecule has 2 aromatic rings. The molecule has 2 aliphatic rings. The zero-order valence-corrected chi connectivity index (χ0v) is 24.6. The van der Waals surface area contributed by atoms with Crippen LogP contribution in [0.2, 0.25) is 5.02 Å². The largest absolute Gasteiger partial charge is 0.342 e. The Balaban J connectivity index is 1.47. The fraction of sp³-hybridized carbons (Fsp3) is 0.484.